The van der Waals surface area contributed by atoms with E-state index < -0.39 is 0 Å². The summed E-state index contributed by atoms with van der Waals surface area (Å²) in [5.74, 6) is 7.98. The van der Waals surface area contributed by atoms with Gasteiger partial charge < -0.3 is 10.3 Å². The van der Waals surface area contributed by atoms with E-state index >= 15 is 0 Å². The van der Waals surface area contributed by atoms with Crippen molar-refractivity contribution in [2.45, 2.75) is 33.6 Å². The van der Waals surface area contributed by atoms with Crippen molar-refractivity contribution in [2.75, 3.05) is 17.4 Å². The molecule has 0 unspecified atom stereocenters. The highest BCUT2D eigenvalue weighted by Gasteiger charge is 2.12. The summed E-state index contributed by atoms with van der Waals surface area (Å²) in [6.07, 6.45) is 0. The minimum Gasteiger partial charge on any atom is -0.329 e. The maximum absolute atomic E-state index is 5.52. The van der Waals surface area contributed by atoms with Crippen molar-refractivity contribution in [2.24, 2.45) is 5.84 Å². The first-order valence-electron chi connectivity index (χ1n) is 7.08. The molecule has 1 aromatic heterocycles. The van der Waals surface area contributed by atoms with Crippen LogP contribution in [0, 0.1) is 13.8 Å². The highest BCUT2D eigenvalue weighted by molar-refractivity contribution is 5.63. The van der Waals surface area contributed by atoms with Crippen LogP contribution in [0.2, 0.25) is 0 Å². The second-order valence-electron chi connectivity index (χ2n) is 5.67. The van der Waals surface area contributed by atoms with E-state index in [-0.39, 0.29) is 5.92 Å². The van der Waals surface area contributed by atoms with Gasteiger partial charge >= 0.3 is 0 Å². The van der Waals surface area contributed by atoms with E-state index in [0.29, 0.717) is 5.82 Å². The van der Waals surface area contributed by atoms with Crippen molar-refractivity contribution in [3.05, 3.63) is 41.2 Å². The van der Waals surface area contributed by atoms with Crippen molar-refractivity contribution in [1.29, 1.82) is 0 Å². The molecule has 0 saturated carbocycles. The summed E-state index contributed by atoms with van der Waals surface area (Å²) in [5, 5.41) is 0. The van der Waals surface area contributed by atoms with Crippen LogP contribution in [0.15, 0.2) is 24.3 Å². The van der Waals surface area contributed by atoms with Crippen molar-refractivity contribution in [1.82, 2.24) is 9.97 Å². The molecular weight excluding hydrogens is 262 g/mol. The van der Waals surface area contributed by atoms with E-state index in [1.807, 2.05) is 13.1 Å². The Balaban J connectivity index is 2.46. The van der Waals surface area contributed by atoms with Crippen LogP contribution < -0.4 is 16.2 Å². The van der Waals surface area contributed by atoms with Gasteiger partial charge in [-0.2, -0.15) is 0 Å². The lowest BCUT2D eigenvalue weighted by Gasteiger charge is -2.21. The topological polar surface area (TPSA) is 67.1 Å². The highest BCUT2D eigenvalue weighted by Crippen LogP contribution is 2.26. The fourth-order valence-electron chi connectivity index (χ4n) is 2.23. The molecule has 0 fully saturated rings. The van der Waals surface area contributed by atoms with Gasteiger partial charge in [0, 0.05) is 24.7 Å². The van der Waals surface area contributed by atoms with E-state index in [9.17, 15) is 0 Å². The number of nitrogens with zero attached hydrogens (tertiary/aromatic N) is 3. The average molecular weight is 285 g/mol. The lowest BCUT2D eigenvalue weighted by molar-refractivity contribution is 0.773. The van der Waals surface area contributed by atoms with Gasteiger partial charge in [-0.1, -0.05) is 19.9 Å². The van der Waals surface area contributed by atoms with Crippen LogP contribution >= 0.6 is 0 Å². The van der Waals surface area contributed by atoms with Crippen molar-refractivity contribution in [3.63, 3.8) is 0 Å². The van der Waals surface area contributed by atoms with Crippen LogP contribution in [0.3, 0.4) is 0 Å². The molecule has 0 saturated heterocycles. The van der Waals surface area contributed by atoms with Crippen molar-refractivity contribution < 1.29 is 0 Å². The molecule has 2 aromatic rings. The molecule has 5 nitrogen and oxygen atoms in total. The number of nitrogens with two attached hydrogens (primary N) is 1. The Labute approximate surface area is 126 Å². The fourth-order valence-corrected chi connectivity index (χ4v) is 2.23. The highest BCUT2D eigenvalue weighted by atomic mass is 15.3. The van der Waals surface area contributed by atoms with E-state index in [1.54, 1.807) is 0 Å². The van der Waals surface area contributed by atoms with Gasteiger partial charge in [0.15, 0.2) is 0 Å². The number of nitrogens with one attached hydrogen (secondary N) is 1. The molecule has 21 heavy (non-hydrogen) atoms. The Morgan fingerprint density at radius 3 is 2.19 bits per heavy atom. The van der Waals surface area contributed by atoms with Gasteiger partial charge in [0.25, 0.3) is 0 Å². The Hall–Kier alpha value is -2.14. The van der Waals surface area contributed by atoms with Crippen molar-refractivity contribution >= 4 is 17.3 Å². The maximum atomic E-state index is 5.52. The molecule has 0 aliphatic rings. The molecule has 3 N–H and O–H groups in total. The average Bonchev–Trinajstić information content (AvgIpc) is 2.44. The fraction of sp³-hybridized carbons (Fsp3) is 0.375. The minimum atomic E-state index is 0.240. The number of aromatic nitrogens is 2. The van der Waals surface area contributed by atoms with Crippen LogP contribution in [0.5, 0.6) is 0 Å². The van der Waals surface area contributed by atoms with Gasteiger partial charge in [-0.25, -0.2) is 15.8 Å². The SMILES string of the molecule is Cc1cc(C)cc(N(C)c2cc(NN)nc(C(C)C)n2)c1. The number of hydrogen-bond acceptors (Lipinski definition) is 5. The Bertz CT molecular complexity index is 616. The molecule has 0 bridgehead atoms. The molecule has 5 heteroatoms. The minimum absolute atomic E-state index is 0.240. The predicted molar refractivity (Wildman–Crippen MR) is 87.9 cm³/mol. The lowest BCUT2D eigenvalue weighted by Crippen LogP contribution is -2.16. The summed E-state index contributed by atoms with van der Waals surface area (Å²) in [6, 6.07) is 8.28. The van der Waals surface area contributed by atoms with E-state index in [0.717, 1.165) is 17.3 Å². The summed E-state index contributed by atoms with van der Waals surface area (Å²) < 4.78 is 0. The molecule has 0 radical (unpaired) electrons. The molecular formula is C16H23N5. The number of hydrogen-bond donors (Lipinski definition) is 2. The molecule has 1 aromatic carbocycles. The number of benzene rings is 1. The summed E-state index contributed by atoms with van der Waals surface area (Å²) in [4.78, 5) is 11.1. The second-order valence-corrected chi connectivity index (χ2v) is 5.67. The summed E-state index contributed by atoms with van der Waals surface area (Å²) in [6.45, 7) is 8.32. The second kappa shape index (κ2) is 6.10. The Morgan fingerprint density at radius 1 is 1.05 bits per heavy atom. The molecule has 0 aliphatic heterocycles. The van der Waals surface area contributed by atoms with E-state index in [2.05, 4.69) is 66.2 Å². The van der Waals surface area contributed by atoms with Crippen LogP contribution in [0.4, 0.5) is 17.3 Å². The number of aryl methyl sites for hydroxylation is 2. The van der Waals surface area contributed by atoms with Crippen LogP contribution in [0.1, 0.15) is 36.7 Å². The molecule has 0 atom stereocenters. The molecule has 2 rings (SSSR count). The third-order valence-corrected chi connectivity index (χ3v) is 3.33. The van der Waals surface area contributed by atoms with Crippen LogP contribution in [-0.4, -0.2) is 17.0 Å². The van der Waals surface area contributed by atoms with Gasteiger partial charge in [-0.05, 0) is 37.1 Å². The zero-order chi connectivity index (χ0) is 15.6. The van der Waals surface area contributed by atoms with Gasteiger partial charge in [0.05, 0.1) is 0 Å². The Kier molecular flexibility index (Phi) is 4.43. The summed E-state index contributed by atoms with van der Waals surface area (Å²) in [5.41, 5.74) is 6.17. The maximum Gasteiger partial charge on any atom is 0.145 e. The largest absolute Gasteiger partial charge is 0.329 e. The molecule has 0 aliphatic carbocycles. The van der Waals surface area contributed by atoms with Gasteiger partial charge in [-0.15, -0.1) is 0 Å². The molecule has 1 heterocycles. The molecule has 0 spiro atoms. The first-order chi connectivity index (χ1) is 9.90. The van der Waals surface area contributed by atoms with Gasteiger partial charge in [0.1, 0.15) is 17.5 Å². The first-order valence-corrected chi connectivity index (χ1v) is 7.08. The van der Waals surface area contributed by atoms with E-state index in [1.165, 1.54) is 11.1 Å². The summed E-state index contributed by atoms with van der Waals surface area (Å²) in [7, 11) is 2.00. The number of nitrogen functional groups attached to an aromatic ring is 1. The predicted octanol–water partition coefficient (Wildman–Crippen LogP) is 3.27. The number of rotatable bonds is 4. The van der Waals surface area contributed by atoms with Crippen LogP contribution in [0.25, 0.3) is 0 Å². The lowest BCUT2D eigenvalue weighted by atomic mass is 10.1. The zero-order valence-corrected chi connectivity index (χ0v) is 13.3. The number of hydrazine groups is 1. The molecule has 0 amide bonds. The smallest absolute Gasteiger partial charge is 0.145 e. The molecule has 112 valence electrons. The summed E-state index contributed by atoms with van der Waals surface area (Å²) >= 11 is 0. The monoisotopic (exact) mass is 285 g/mol. The van der Waals surface area contributed by atoms with Gasteiger partial charge in [-0.3, -0.25) is 0 Å². The first kappa shape index (κ1) is 15.3. The third kappa shape index (κ3) is 3.49. The number of anilines is 3. The standard InChI is InChI=1S/C16H23N5/c1-10(2)16-18-14(20-17)9-15(19-16)21(5)13-7-11(3)6-12(4)8-13/h6-10H,17H2,1-5H3,(H,18,19,20). The third-order valence-electron chi connectivity index (χ3n) is 3.33. The van der Waals surface area contributed by atoms with Crippen molar-refractivity contribution in [3.8, 4) is 0 Å². The van der Waals surface area contributed by atoms with Crippen LogP contribution in [-0.2, 0) is 0 Å². The normalized spacial score (nSPS) is 10.8. The van der Waals surface area contributed by atoms with Gasteiger partial charge in [0.2, 0.25) is 0 Å². The Morgan fingerprint density at radius 2 is 1.67 bits per heavy atom. The van der Waals surface area contributed by atoms with E-state index in [4.69, 9.17) is 5.84 Å². The quantitative estimate of drug-likeness (QED) is 0.666. The zero-order valence-electron chi connectivity index (χ0n) is 13.3.